The summed E-state index contributed by atoms with van der Waals surface area (Å²) >= 11 is 14.1. The van der Waals surface area contributed by atoms with Gasteiger partial charge in [-0.15, -0.1) is 11.3 Å². The number of aromatic hydroxyl groups is 1. The summed E-state index contributed by atoms with van der Waals surface area (Å²) in [6, 6.07) is 14.2. The number of carbonyl (C=O) groups is 4. The molecule has 0 radical (unpaired) electrons. The van der Waals surface area contributed by atoms with Gasteiger partial charge < -0.3 is 5.11 Å². The van der Waals surface area contributed by atoms with Crippen molar-refractivity contribution in [2.45, 2.75) is 45.7 Å². The Morgan fingerprint density at radius 2 is 1.73 bits per heavy atom. The molecule has 2 aliphatic heterocycles. The smallest absolute Gasteiger partial charge is 0.433 e. The van der Waals surface area contributed by atoms with Crippen LogP contribution in [-0.4, -0.2) is 55.6 Å². The lowest BCUT2D eigenvalue weighted by molar-refractivity contribution is -0.141. The number of carbonyl (C=O) groups excluding carboxylic acids is 4. The predicted octanol–water partition coefficient (Wildman–Crippen LogP) is 8.63. The molecule has 59 heavy (non-hydrogen) atoms. The third-order valence-corrected chi connectivity index (χ3v) is 14.6. The first-order valence-corrected chi connectivity index (χ1v) is 20.4. The standard InChI is InChI=1S/C42H35Cl2F3N6O5S/c1-18-7-6-8-23(34(18)54)33-21-10-11-22-32(39(57)53(37(22)55)51(5)36-27(44)12-14-30(48-36)42(45,46)47)25(21)16-26-38(56)52(40(58)41(26,33)3)31-17-28(49-50(31)4)35-19(2)24-15-20(43)9-13-29(24)59-35/h6-10,12-15,17,22,25-26,32-33,54H,11,16H2,1-5H3. The van der Waals surface area contributed by atoms with Gasteiger partial charge in [-0.25, -0.2) is 9.88 Å². The number of para-hydroxylation sites is 1. The van der Waals surface area contributed by atoms with Crippen LogP contribution in [0.5, 0.6) is 5.75 Å². The van der Waals surface area contributed by atoms with E-state index >= 15 is 4.79 Å². The highest BCUT2D eigenvalue weighted by atomic mass is 35.5. The Kier molecular flexibility index (Phi) is 8.90. The van der Waals surface area contributed by atoms with E-state index in [0.29, 0.717) is 33.5 Å². The van der Waals surface area contributed by atoms with Gasteiger partial charge in [-0.1, -0.05) is 53.1 Å². The van der Waals surface area contributed by atoms with Gasteiger partial charge in [0.1, 0.15) is 23.0 Å². The number of halogens is 5. The molecule has 0 bridgehead atoms. The zero-order valence-corrected chi connectivity index (χ0v) is 34.5. The number of aryl methyl sites for hydroxylation is 3. The third kappa shape index (κ3) is 5.60. The zero-order chi connectivity index (χ0) is 42.2. The maximum atomic E-state index is 15.2. The number of thiophene rings is 1. The van der Waals surface area contributed by atoms with Crippen molar-refractivity contribution >= 4 is 79.9 Å². The third-order valence-electron chi connectivity index (χ3n) is 12.8. The number of hydrogen-bond donors (Lipinski definition) is 1. The van der Waals surface area contributed by atoms with E-state index in [4.69, 9.17) is 28.3 Å². The summed E-state index contributed by atoms with van der Waals surface area (Å²) in [5.74, 6) is -7.29. The van der Waals surface area contributed by atoms with Crippen molar-refractivity contribution in [3.8, 4) is 16.3 Å². The summed E-state index contributed by atoms with van der Waals surface area (Å²) in [5, 5.41) is 19.4. The fourth-order valence-corrected chi connectivity index (χ4v) is 11.4. The Balaban J connectivity index is 1.13. The Morgan fingerprint density at radius 3 is 2.46 bits per heavy atom. The molecule has 4 amide bonds. The van der Waals surface area contributed by atoms with Gasteiger partial charge in [0.05, 0.1) is 33.1 Å². The predicted molar refractivity (Wildman–Crippen MR) is 216 cm³/mol. The highest BCUT2D eigenvalue weighted by Gasteiger charge is 2.68. The van der Waals surface area contributed by atoms with Crippen LogP contribution in [0.15, 0.2) is 66.2 Å². The van der Waals surface area contributed by atoms with E-state index in [1.165, 1.54) is 23.1 Å². The van der Waals surface area contributed by atoms with Crippen molar-refractivity contribution in [3.05, 3.63) is 98.7 Å². The number of rotatable bonds is 5. The summed E-state index contributed by atoms with van der Waals surface area (Å²) in [6.07, 6.45) is -2.92. The number of alkyl halides is 3. The van der Waals surface area contributed by atoms with Gasteiger partial charge in [-0.2, -0.15) is 23.3 Å². The lowest BCUT2D eigenvalue weighted by atomic mass is 9.51. The molecule has 6 atom stereocenters. The second-order valence-corrected chi connectivity index (χ2v) is 17.8. The summed E-state index contributed by atoms with van der Waals surface area (Å²) in [7, 11) is 2.90. The Morgan fingerprint density at radius 1 is 0.983 bits per heavy atom. The second kappa shape index (κ2) is 13.4. The molecular weight excluding hydrogens is 828 g/mol. The Hall–Kier alpha value is -5.25. The number of phenols is 1. The number of anilines is 2. The first-order chi connectivity index (χ1) is 27.8. The minimum absolute atomic E-state index is 0.00762. The SMILES string of the molecule is Cc1cccc(C2C3=CCC4C(=O)N(N(C)c5nc(C(F)(F)F)ccc5Cl)C(=O)C4C3CC3C(=O)N(c4cc(-c5sc6ccc(Cl)cc6c5C)nn4C)C(=O)C32C)c1O. The van der Waals surface area contributed by atoms with Gasteiger partial charge in [0.25, 0.3) is 11.8 Å². The number of hydrogen-bond acceptors (Lipinski definition) is 9. The van der Waals surface area contributed by atoms with Crippen molar-refractivity contribution in [1.82, 2.24) is 19.8 Å². The van der Waals surface area contributed by atoms with Gasteiger partial charge in [0.2, 0.25) is 11.8 Å². The minimum Gasteiger partial charge on any atom is -0.507 e. The normalized spacial score (nSPS) is 25.5. The molecule has 0 spiro atoms. The van der Waals surface area contributed by atoms with E-state index in [2.05, 4.69) is 4.98 Å². The number of nitrogens with zero attached hydrogens (tertiary/aromatic N) is 6. The van der Waals surface area contributed by atoms with Gasteiger partial charge in [-0.05, 0) is 86.4 Å². The van der Waals surface area contributed by atoms with E-state index in [9.17, 15) is 32.7 Å². The van der Waals surface area contributed by atoms with E-state index in [0.717, 1.165) is 41.5 Å². The number of fused-ring (bicyclic) bond motifs is 5. The monoisotopic (exact) mass is 862 g/mol. The van der Waals surface area contributed by atoms with Crippen LogP contribution in [0.25, 0.3) is 20.7 Å². The largest absolute Gasteiger partial charge is 0.507 e. The first kappa shape index (κ1) is 39.2. The Labute approximate surface area is 349 Å². The quantitative estimate of drug-likeness (QED) is 0.137. The van der Waals surface area contributed by atoms with Crippen molar-refractivity contribution < 1.29 is 37.5 Å². The summed E-state index contributed by atoms with van der Waals surface area (Å²) in [5.41, 5.74) is 0.345. The fourth-order valence-electron chi connectivity index (χ4n) is 9.90. The van der Waals surface area contributed by atoms with Crippen LogP contribution in [0.4, 0.5) is 24.8 Å². The van der Waals surface area contributed by atoms with Gasteiger partial charge in [-0.3, -0.25) is 28.9 Å². The van der Waals surface area contributed by atoms with E-state index < -0.39 is 76.3 Å². The van der Waals surface area contributed by atoms with Crippen molar-refractivity contribution in [1.29, 1.82) is 0 Å². The van der Waals surface area contributed by atoms with Crippen LogP contribution in [-0.2, 0) is 32.4 Å². The molecule has 3 fully saturated rings. The molecule has 4 aliphatic rings. The van der Waals surface area contributed by atoms with Crippen molar-refractivity contribution in [3.63, 3.8) is 0 Å². The maximum Gasteiger partial charge on any atom is 0.433 e. The summed E-state index contributed by atoms with van der Waals surface area (Å²) in [6.45, 7) is 5.40. The topological polar surface area (TPSA) is 129 Å². The molecule has 2 aliphatic carbocycles. The number of hydrazine groups is 1. The van der Waals surface area contributed by atoms with Crippen LogP contribution >= 0.6 is 34.5 Å². The van der Waals surface area contributed by atoms with Crippen LogP contribution in [0.3, 0.4) is 0 Å². The number of benzene rings is 2. The van der Waals surface area contributed by atoms with Crippen LogP contribution in [0, 0.1) is 42.9 Å². The zero-order valence-electron chi connectivity index (χ0n) is 32.1. The number of phenolic OH excluding ortho intramolecular Hbond substituents is 1. The molecule has 1 saturated carbocycles. The van der Waals surface area contributed by atoms with Crippen molar-refractivity contribution in [2.75, 3.05) is 17.0 Å². The highest BCUT2D eigenvalue weighted by molar-refractivity contribution is 7.22. The molecule has 9 rings (SSSR count). The molecule has 5 heterocycles. The molecule has 2 saturated heterocycles. The number of aromatic nitrogens is 3. The molecule has 6 unspecified atom stereocenters. The second-order valence-electron chi connectivity index (χ2n) is 15.9. The first-order valence-electron chi connectivity index (χ1n) is 18.8. The summed E-state index contributed by atoms with van der Waals surface area (Å²) in [4.78, 5) is 64.5. The van der Waals surface area contributed by atoms with Gasteiger partial charge in [0.15, 0.2) is 5.82 Å². The average molecular weight is 864 g/mol. The molecule has 2 aromatic carbocycles. The van der Waals surface area contributed by atoms with E-state index in [1.807, 2.05) is 31.2 Å². The molecule has 5 aromatic rings. The number of pyridine rings is 1. The van der Waals surface area contributed by atoms with Crippen LogP contribution < -0.4 is 9.91 Å². The number of amides is 4. The summed E-state index contributed by atoms with van der Waals surface area (Å²) < 4.78 is 43.6. The fraction of sp³-hybridized carbons (Fsp3) is 0.333. The molecule has 11 nitrogen and oxygen atoms in total. The van der Waals surface area contributed by atoms with Crippen LogP contribution in [0.1, 0.15) is 48.1 Å². The van der Waals surface area contributed by atoms with Gasteiger partial charge >= 0.3 is 6.18 Å². The van der Waals surface area contributed by atoms with Crippen molar-refractivity contribution in [2.24, 2.45) is 36.1 Å². The van der Waals surface area contributed by atoms with Gasteiger partial charge in [0, 0.05) is 41.4 Å². The lowest BCUT2D eigenvalue weighted by Gasteiger charge is -2.49. The number of allylic oxidation sites excluding steroid dienone is 2. The van der Waals surface area contributed by atoms with Crippen LogP contribution in [0.2, 0.25) is 10.0 Å². The molecule has 304 valence electrons. The molecule has 3 aromatic heterocycles. The molecule has 17 heteroatoms. The van der Waals surface area contributed by atoms with E-state index in [1.54, 1.807) is 45.2 Å². The lowest BCUT2D eigenvalue weighted by Crippen LogP contribution is -2.49. The molecular formula is C42H35Cl2F3N6O5S. The maximum absolute atomic E-state index is 15.2. The van der Waals surface area contributed by atoms with E-state index in [-0.39, 0.29) is 29.4 Å². The molecule has 1 N–H and O–H groups in total. The average Bonchev–Trinajstić information content (AvgIpc) is 3.85. The Bertz CT molecular complexity index is 2730. The minimum atomic E-state index is -4.82. The highest BCUT2D eigenvalue weighted by Crippen LogP contribution is 2.64. The number of imide groups is 2.